The van der Waals surface area contributed by atoms with E-state index in [-0.39, 0.29) is 11.9 Å². The van der Waals surface area contributed by atoms with Gasteiger partial charge in [0.2, 0.25) is 0 Å². The zero-order chi connectivity index (χ0) is 15.0. The van der Waals surface area contributed by atoms with Gasteiger partial charge in [0, 0.05) is 19.6 Å². The van der Waals surface area contributed by atoms with Gasteiger partial charge in [-0.2, -0.15) is 0 Å². The Labute approximate surface area is 135 Å². The number of urea groups is 1. The zero-order valence-electron chi connectivity index (χ0n) is 11.5. The Morgan fingerprint density at radius 1 is 1.57 bits per heavy atom. The first kappa shape index (κ1) is 14.8. The molecule has 2 amide bonds. The molecular formula is C14H17BrN2O3S. The molecular weight excluding hydrogens is 356 g/mol. The zero-order valence-corrected chi connectivity index (χ0v) is 13.9. The van der Waals surface area contributed by atoms with Gasteiger partial charge < -0.3 is 15.3 Å². The normalized spacial score (nSPS) is 27.7. The Balaban J connectivity index is 1.61. The van der Waals surface area contributed by atoms with Gasteiger partial charge in [0.15, 0.2) is 0 Å². The predicted molar refractivity (Wildman–Crippen MR) is 83.2 cm³/mol. The summed E-state index contributed by atoms with van der Waals surface area (Å²) >= 11 is 4.97. The van der Waals surface area contributed by atoms with E-state index in [0.29, 0.717) is 26.1 Å². The van der Waals surface area contributed by atoms with Gasteiger partial charge >= 0.3 is 12.0 Å². The number of carbonyl (C=O) groups excluding carboxylic acids is 1. The van der Waals surface area contributed by atoms with Crippen LogP contribution in [-0.4, -0.2) is 35.1 Å². The summed E-state index contributed by atoms with van der Waals surface area (Å²) < 4.78 is 1.03. The summed E-state index contributed by atoms with van der Waals surface area (Å²) in [5, 5.41) is 14.4. The molecule has 0 spiro atoms. The number of carboxylic acid groups (broad SMARTS) is 1. The first-order chi connectivity index (χ1) is 10.0. The summed E-state index contributed by atoms with van der Waals surface area (Å²) in [6, 6.07) is 1.81. The Kier molecular flexibility index (Phi) is 3.96. The minimum atomic E-state index is -0.748. The number of hydrogen-bond donors (Lipinski definition) is 2. The molecule has 21 heavy (non-hydrogen) atoms. The lowest BCUT2D eigenvalue weighted by molar-refractivity contribution is -0.149. The van der Waals surface area contributed by atoms with Gasteiger partial charge in [0.1, 0.15) is 0 Å². The van der Waals surface area contributed by atoms with E-state index in [1.807, 2.05) is 11.4 Å². The fourth-order valence-corrected chi connectivity index (χ4v) is 4.73. The van der Waals surface area contributed by atoms with Crippen molar-refractivity contribution in [2.75, 3.05) is 13.1 Å². The van der Waals surface area contributed by atoms with Crippen LogP contribution in [0.2, 0.25) is 0 Å². The molecule has 0 radical (unpaired) electrons. The van der Waals surface area contributed by atoms with Crippen molar-refractivity contribution in [1.82, 2.24) is 10.2 Å². The molecule has 1 aliphatic carbocycles. The molecule has 2 heterocycles. The van der Waals surface area contributed by atoms with Crippen molar-refractivity contribution >= 4 is 39.3 Å². The second-order valence-electron chi connectivity index (χ2n) is 5.85. The van der Waals surface area contributed by atoms with Crippen LogP contribution >= 0.6 is 27.3 Å². The van der Waals surface area contributed by atoms with Crippen LogP contribution in [-0.2, 0) is 11.3 Å². The number of nitrogens with zero attached hydrogens (tertiary/aromatic N) is 1. The van der Waals surface area contributed by atoms with Crippen LogP contribution in [0, 0.1) is 11.3 Å². The van der Waals surface area contributed by atoms with Crippen molar-refractivity contribution in [2.45, 2.75) is 25.8 Å². The third-order valence-corrected chi connectivity index (χ3v) is 6.20. The molecule has 1 saturated carbocycles. The first-order valence-corrected chi connectivity index (χ1v) is 8.67. The molecule has 114 valence electrons. The van der Waals surface area contributed by atoms with Crippen LogP contribution in [0.15, 0.2) is 15.2 Å². The van der Waals surface area contributed by atoms with E-state index < -0.39 is 11.4 Å². The summed E-state index contributed by atoms with van der Waals surface area (Å²) in [5.41, 5.74) is 0.343. The molecule has 2 fully saturated rings. The smallest absolute Gasteiger partial charge is 0.317 e. The fourth-order valence-electron chi connectivity index (χ4n) is 3.52. The number of amides is 2. The first-order valence-electron chi connectivity index (χ1n) is 7.00. The number of carbonyl (C=O) groups is 2. The molecule has 1 aromatic rings. The van der Waals surface area contributed by atoms with E-state index in [4.69, 9.17) is 0 Å². The third-order valence-electron chi connectivity index (χ3n) is 4.65. The molecule has 1 aromatic heterocycles. The van der Waals surface area contributed by atoms with Crippen molar-refractivity contribution in [1.29, 1.82) is 0 Å². The Hall–Kier alpha value is -1.08. The quantitative estimate of drug-likeness (QED) is 0.856. The number of halogens is 1. The summed E-state index contributed by atoms with van der Waals surface area (Å²) in [6.45, 7) is 1.37. The predicted octanol–water partition coefficient (Wildman–Crippen LogP) is 2.91. The number of aliphatic carboxylic acids is 1. The second-order valence-corrected chi connectivity index (χ2v) is 8.14. The van der Waals surface area contributed by atoms with Crippen LogP contribution in [0.4, 0.5) is 4.79 Å². The lowest BCUT2D eigenvalue weighted by Gasteiger charge is -2.23. The highest BCUT2D eigenvalue weighted by Crippen LogP contribution is 2.48. The highest BCUT2D eigenvalue weighted by atomic mass is 79.9. The number of hydrogen-bond acceptors (Lipinski definition) is 3. The molecule has 0 aromatic carbocycles. The summed E-state index contributed by atoms with van der Waals surface area (Å²) in [7, 11) is 0. The monoisotopic (exact) mass is 372 g/mol. The van der Waals surface area contributed by atoms with Gasteiger partial charge in [0.05, 0.1) is 9.20 Å². The minimum Gasteiger partial charge on any atom is -0.481 e. The molecule has 5 nitrogen and oxygen atoms in total. The largest absolute Gasteiger partial charge is 0.481 e. The highest BCUT2D eigenvalue weighted by molar-refractivity contribution is 9.11. The highest BCUT2D eigenvalue weighted by Gasteiger charge is 2.55. The average Bonchev–Trinajstić information content (AvgIpc) is 3.09. The van der Waals surface area contributed by atoms with E-state index in [9.17, 15) is 14.7 Å². The van der Waals surface area contributed by atoms with Gasteiger partial charge in [-0.25, -0.2) is 4.79 Å². The van der Waals surface area contributed by atoms with E-state index >= 15 is 0 Å². The van der Waals surface area contributed by atoms with Crippen molar-refractivity contribution in [3.05, 3.63) is 20.8 Å². The molecule has 2 aliphatic rings. The molecule has 2 atom stereocenters. The van der Waals surface area contributed by atoms with Gasteiger partial charge in [-0.05, 0) is 51.7 Å². The minimum absolute atomic E-state index is 0.107. The molecule has 7 heteroatoms. The number of carboxylic acids is 1. The maximum absolute atomic E-state index is 12.2. The van der Waals surface area contributed by atoms with Gasteiger partial charge in [-0.3, -0.25) is 4.79 Å². The van der Waals surface area contributed by atoms with Crippen LogP contribution in [0.1, 0.15) is 24.8 Å². The standard InChI is InChI=1S/C14H17BrN2O3S/c15-11-4-9(7-21-11)5-16-13(20)17-6-10-2-1-3-14(10,8-17)12(18)19/h4,7,10H,1-3,5-6,8H2,(H,16,20)(H,18,19)/t10-,14+/m0/s1. The van der Waals surface area contributed by atoms with Crippen LogP contribution < -0.4 is 5.32 Å². The second kappa shape index (κ2) is 5.61. The SMILES string of the molecule is O=C(NCc1csc(Br)c1)N1C[C@@H]2CCC[C@@]2(C(=O)O)C1. The maximum Gasteiger partial charge on any atom is 0.317 e. The maximum atomic E-state index is 12.2. The molecule has 1 saturated heterocycles. The van der Waals surface area contributed by atoms with E-state index in [1.165, 1.54) is 0 Å². The van der Waals surface area contributed by atoms with E-state index in [0.717, 1.165) is 22.2 Å². The number of fused-ring (bicyclic) bond motifs is 1. The summed E-state index contributed by atoms with van der Waals surface area (Å²) in [5.74, 6) is -0.641. The van der Waals surface area contributed by atoms with Gasteiger partial charge in [0.25, 0.3) is 0 Å². The van der Waals surface area contributed by atoms with Crippen molar-refractivity contribution in [2.24, 2.45) is 11.3 Å². The van der Waals surface area contributed by atoms with Crippen LogP contribution in [0.3, 0.4) is 0 Å². The number of likely N-dealkylation sites (tertiary alicyclic amines) is 1. The summed E-state index contributed by atoms with van der Waals surface area (Å²) in [4.78, 5) is 25.5. The topological polar surface area (TPSA) is 69.6 Å². The Morgan fingerprint density at radius 3 is 3.00 bits per heavy atom. The van der Waals surface area contributed by atoms with Crippen LogP contribution in [0.5, 0.6) is 0 Å². The lowest BCUT2D eigenvalue weighted by Crippen LogP contribution is -2.41. The van der Waals surface area contributed by atoms with Gasteiger partial charge in [-0.1, -0.05) is 6.42 Å². The Morgan fingerprint density at radius 2 is 2.38 bits per heavy atom. The number of nitrogens with one attached hydrogen (secondary N) is 1. The third kappa shape index (κ3) is 2.68. The molecule has 0 bridgehead atoms. The molecule has 2 N–H and O–H groups in total. The Bertz CT molecular complexity index is 576. The van der Waals surface area contributed by atoms with E-state index in [1.54, 1.807) is 16.2 Å². The van der Waals surface area contributed by atoms with E-state index in [2.05, 4.69) is 21.2 Å². The van der Waals surface area contributed by atoms with Crippen molar-refractivity contribution < 1.29 is 14.7 Å². The molecule has 0 unspecified atom stereocenters. The fraction of sp³-hybridized carbons (Fsp3) is 0.571. The number of thiophene rings is 1. The molecule has 1 aliphatic heterocycles. The number of rotatable bonds is 3. The lowest BCUT2D eigenvalue weighted by atomic mass is 9.81. The van der Waals surface area contributed by atoms with Crippen molar-refractivity contribution in [3.63, 3.8) is 0 Å². The van der Waals surface area contributed by atoms with Crippen LogP contribution in [0.25, 0.3) is 0 Å². The molecule has 3 rings (SSSR count). The van der Waals surface area contributed by atoms with Gasteiger partial charge in [-0.15, -0.1) is 11.3 Å². The van der Waals surface area contributed by atoms with Crippen molar-refractivity contribution in [3.8, 4) is 0 Å². The average molecular weight is 373 g/mol. The summed E-state index contributed by atoms with van der Waals surface area (Å²) in [6.07, 6.45) is 2.55.